The van der Waals surface area contributed by atoms with Crippen LogP contribution in [0.3, 0.4) is 0 Å². The molecule has 0 radical (unpaired) electrons. The van der Waals surface area contributed by atoms with Gasteiger partial charge in [0, 0.05) is 24.0 Å². The van der Waals surface area contributed by atoms with E-state index in [0.29, 0.717) is 17.0 Å². The number of hydrogen-bond donors (Lipinski definition) is 2. The van der Waals surface area contributed by atoms with Crippen molar-refractivity contribution < 1.29 is 5.11 Å². The summed E-state index contributed by atoms with van der Waals surface area (Å²) in [5.41, 5.74) is 4.31. The van der Waals surface area contributed by atoms with Gasteiger partial charge in [-0.2, -0.15) is 0 Å². The summed E-state index contributed by atoms with van der Waals surface area (Å²) in [5, 5.41) is 23.2. The molecule has 134 valence electrons. The summed E-state index contributed by atoms with van der Waals surface area (Å²) < 4.78 is 0. The highest BCUT2D eigenvalue weighted by Crippen LogP contribution is 2.53. The van der Waals surface area contributed by atoms with E-state index in [4.69, 9.17) is 0 Å². The molecule has 1 spiro atoms. The third-order valence-corrected chi connectivity index (χ3v) is 5.62. The first-order chi connectivity index (χ1) is 12.7. The molecule has 2 N–H and O–H groups in total. The maximum absolute atomic E-state index is 10.00. The van der Waals surface area contributed by atoms with Crippen LogP contribution in [-0.4, -0.2) is 28.4 Å². The third kappa shape index (κ3) is 2.84. The van der Waals surface area contributed by atoms with Crippen molar-refractivity contribution in [3.63, 3.8) is 0 Å². The summed E-state index contributed by atoms with van der Waals surface area (Å²) in [6.45, 7) is 6.36. The number of phenols is 1. The van der Waals surface area contributed by atoms with Crippen LogP contribution in [0.15, 0.2) is 48.5 Å². The van der Waals surface area contributed by atoms with E-state index in [0.717, 1.165) is 16.5 Å². The Morgan fingerprint density at radius 3 is 2.46 bits per heavy atom. The fraction of sp³-hybridized carbons (Fsp3) is 0.364. The van der Waals surface area contributed by atoms with Gasteiger partial charge in [-0.15, -0.1) is 10.2 Å². The summed E-state index contributed by atoms with van der Waals surface area (Å²) >= 11 is 0. The zero-order valence-electron chi connectivity index (χ0n) is 15.4. The Labute approximate surface area is 154 Å². The van der Waals surface area contributed by atoms with E-state index < -0.39 is 0 Å². The summed E-state index contributed by atoms with van der Waals surface area (Å²) in [5.74, 6) is 0.896. The van der Waals surface area contributed by atoms with E-state index >= 15 is 0 Å². The number of nitrogens with one attached hydrogen (secondary N) is 1. The van der Waals surface area contributed by atoms with Crippen molar-refractivity contribution in [3.05, 3.63) is 54.1 Å². The Bertz CT molecular complexity index is 926. The maximum Gasteiger partial charge on any atom is 0.125 e. The van der Waals surface area contributed by atoms with E-state index in [1.807, 2.05) is 38.1 Å². The fourth-order valence-electron chi connectivity index (χ4n) is 4.12. The maximum atomic E-state index is 10.00. The second-order valence-corrected chi connectivity index (χ2v) is 7.27. The number of para-hydroxylation sites is 1. The average Bonchev–Trinajstić information content (AvgIpc) is 2.61. The van der Waals surface area contributed by atoms with Crippen LogP contribution < -0.4 is 5.32 Å². The number of aromatic nitrogens is 2. The molecule has 0 bridgehead atoms. The van der Waals surface area contributed by atoms with Gasteiger partial charge in [0.05, 0.1) is 11.2 Å². The van der Waals surface area contributed by atoms with Crippen LogP contribution in [0, 0.1) is 5.41 Å². The average molecular weight is 347 g/mol. The van der Waals surface area contributed by atoms with Gasteiger partial charge in [-0.1, -0.05) is 38.1 Å². The molecule has 2 heterocycles. The van der Waals surface area contributed by atoms with Crippen molar-refractivity contribution >= 4 is 10.9 Å². The van der Waals surface area contributed by atoms with Gasteiger partial charge in [-0.3, -0.25) is 0 Å². The molecule has 1 saturated heterocycles. The molecule has 4 nitrogen and oxygen atoms in total. The van der Waals surface area contributed by atoms with Crippen LogP contribution in [0.2, 0.25) is 0 Å². The normalized spacial score (nSPS) is 17.9. The molecule has 0 unspecified atom stereocenters. The first-order valence-electron chi connectivity index (χ1n) is 9.49. The van der Waals surface area contributed by atoms with E-state index in [2.05, 4.69) is 33.7 Å². The summed E-state index contributed by atoms with van der Waals surface area (Å²) in [6, 6.07) is 15.8. The van der Waals surface area contributed by atoms with Gasteiger partial charge in [0.1, 0.15) is 5.75 Å². The molecule has 0 atom stereocenters. The highest BCUT2D eigenvalue weighted by atomic mass is 16.3. The van der Waals surface area contributed by atoms with E-state index in [-0.39, 0.29) is 5.75 Å². The minimum atomic E-state index is 0.233. The Morgan fingerprint density at radius 1 is 1.00 bits per heavy atom. The highest BCUT2D eigenvalue weighted by molar-refractivity contribution is 5.83. The Balaban J connectivity index is 0.000000814. The standard InChI is InChI=1S/C20H19N3O.C2H6/c24-19-4-2-1-3-16(19)18-8-14-6-5-13(7-17(14)22-23-18)15-9-20(10-15)11-21-12-20;1-2/h1-8,15,21,24H,9-12H2;1-2H3. The molecule has 4 heteroatoms. The van der Waals surface area contributed by atoms with Crippen molar-refractivity contribution in [1.82, 2.24) is 15.5 Å². The molecule has 1 aliphatic heterocycles. The molecule has 5 rings (SSSR count). The zero-order valence-corrected chi connectivity index (χ0v) is 15.4. The number of fused-ring (bicyclic) bond motifs is 1. The smallest absolute Gasteiger partial charge is 0.125 e. The van der Waals surface area contributed by atoms with Gasteiger partial charge < -0.3 is 10.4 Å². The molecular formula is C22H25N3O. The lowest BCUT2D eigenvalue weighted by molar-refractivity contribution is 0.0363. The first kappa shape index (κ1) is 17.0. The Kier molecular flexibility index (Phi) is 4.37. The van der Waals surface area contributed by atoms with Gasteiger partial charge >= 0.3 is 0 Å². The van der Waals surface area contributed by atoms with Crippen molar-refractivity contribution in [2.24, 2.45) is 5.41 Å². The molecule has 1 aliphatic carbocycles. The highest BCUT2D eigenvalue weighted by Gasteiger charge is 2.48. The SMILES string of the molecule is CC.Oc1ccccc1-c1cc2ccc(C3CC4(CNC4)C3)cc2nn1. The topological polar surface area (TPSA) is 58.0 Å². The van der Waals surface area contributed by atoms with Crippen LogP contribution in [0.1, 0.15) is 38.2 Å². The van der Waals surface area contributed by atoms with Gasteiger partial charge in [0.15, 0.2) is 0 Å². The minimum Gasteiger partial charge on any atom is -0.507 e. The number of hydrogen-bond acceptors (Lipinski definition) is 4. The van der Waals surface area contributed by atoms with E-state index in [1.165, 1.54) is 31.5 Å². The van der Waals surface area contributed by atoms with Gasteiger partial charge in [-0.25, -0.2) is 0 Å². The minimum absolute atomic E-state index is 0.233. The number of benzene rings is 2. The Hall–Kier alpha value is -2.46. The largest absolute Gasteiger partial charge is 0.507 e. The van der Waals surface area contributed by atoms with Gasteiger partial charge in [-0.05, 0) is 54.0 Å². The second-order valence-electron chi connectivity index (χ2n) is 7.27. The van der Waals surface area contributed by atoms with Gasteiger partial charge in [0.25, 0.3) is 0 Å². The van der Waals surface area contributed by atoms with Crippen LogP contribution in [-0.2, 0) is 0 Å². The molecule has 1 aromatic heterocycles. The van der Waals surface area contributed by atoms with Crippen molar-refractivity contribution in [1.29, 1.82) is 0 Å². The van der Waals surface area contributed by atoms with E-state index in [9.17, 15) is 5.11 Å². The van der Waals surface area contributed by atoms with Gasteiger partial charge in [0.2, 0.25) is 0 Å². The molecule has 26 heavy (non-hydrogen) atoms. The number of rotatable bonds is 2. The Morgan fingerprint density at radius 2 is 1.77 bits per heavy atom. The van der Waals surface area contributed by atoms with Crippen molar-refractivity contribution in [2.45, 2.75) is 32.6 Å². The van der Waals surface area contributed by atoms with Crippen LogP contribution in [0.25, 0.3) is 22.2 Å². The quantitative estimate of drug-likeness (QED) is 0.717. The lowest BCUT2D eigenvalue weighted by Crippen LogP contribution is -2.59. The lowest BCUT2D eigenvalue weighted by Gasteiger charge is -2.54. The van der Waals surface area contributed by atoms with Crippen molar-refractivity contribution in [3.8, 4) is 17.0 Å². The fourth-order valence-corrected chi connectivity index (χ4v) is 4.12. The number of nitrogens with zero attached hydrogens (tertiary/aromatic N) is 2. The predicted molar refractivity (Wildman–Crippen MR) is 105 cm³/mol. The summed E-state index contributed by atoms with van der Waals surface area (Å²) in [4.78, 5) is 0. The zero-order chi connectivity index (χ0) is 18.1. The summed E-state index contributed by atoms with van der Waals surface area (Å²) in [6.07, 6.45) is 2.57. The van der Waals surface area contributed by atoms with Crippen LogP contribution in [0.5, 0.6) is 5.75 Å². The molecule has 2 aliphatic rings. The second kappa shape index (κ2) is 6.69. The lowest BCUT2D eigenvalue weighted by atomic mass is 9.57. The van der Waals surface area contributed by atoms with E-state index in [1.54, 1.807) is 6.07 Å². The molecule has 0 amide bonds. The molecule has 1 saturated carbocycles. The third-order valence-electron chi connectivity index (χ3n) is 5.62. The molecule has 2 fully saturated rings. The summed E-state index contributed by atoms with van der Waals surface area (Å²) in [7, 11) is 0. The van der Waals surface area contributed by atoms with Crippen molar-refractivity contribution in [2.75, 3.05) is 13.1 Å². The number of phenolic OH excluding ortho intramolecular Hbond substituents is 1. The molecule has 2 aromatic carbocycles. The molecular weight excluding hydrogens is 322 g/mol. The predicted octanol–water partition coefficient (Wildman–Crippen LogP) is 4.50. The van der Waals surface area contributed by atoms with Crippen LogP contribution >= 0.6 is 0 Å². The monoisotopic (exact) mass is 347 g/mol. The first-order valence-corrected chi connectivity index (χ1v) is 9.49. The molecule has 3 aromatic rings. The number of aromatic hydroxyl groups is 1. The van der Waals surface area contributed by atoms with Crippen LogP contribution in [0.4, 0.5) is 0 Å².